The minimum Gasteiger partial charge on any atom is -0.497 e. The minimum absolute atomic E-state index is 0.0316. The number of methoxy groups -OCH3 is 1. The smallest absolute Gasteiger partial charge is 0.253 e. The summed E-state index contributed by atoms with van der Waals surface area (Å²) in [7, 11) is 1.61. The molecule has 1 aliphatic rings. The molecule has 0 saturated carbocycles. The van der Waals surface area contributed by atoms with Crippen molar-refractivity contribution in [3.63, 3.8) is 0 Å². The molecule has 0 radical (unpaired) electrons. The standard InChI is InChI=1S/C20H21N5O3/c1-13-21-11-16(12-22-13)19-24-23-18(28-19)14-7-9-25(10-8-14)20(26)15-3-5-17(27-2)6-4-15/h3-6,11-12,14H,7-10H2,1-2H3. The van der Waals surface area contributed by atoms with E-state index in [0.29, 0.717) is 41.8 Å². The first-order chi connectivity index (χ1) is 13.6. The highest BCUT2D eigenvalue weighted by molar-refractivity contribution is 5.94. The van der Waals surface area contributed by atoms with Crippen LogP contribution in [0.4, 0.5) is 0 Å². The van der Waals surface area contributed by atoms with Crippen molar-refractivity contribution < 1.29 is 13.9 Å². The zero-order valence-corrected chi connectivity index (χ0v) is 15.8. The number of amides is 1. The quantitative estimate of drug-likeness (QED) is 0.688. The normalized spacial score (nSPS) is 14.9. The molecule has 28 heavy (non-hydrogen) atoms. The van der Waals surface area contributed by atoms with Gasteiger partial charge in [0.05, 0.1) is 12.7 Å². The maximum absolute atomic E-state index is 12.7. The molecule has 0 atom stereocenters. The molecule has 1 aliphatic heterocycles. The van der Waals surface area contributed by atoms with Crippen molar-refractivity contribution in [3.8, 4) is 17.2 Å². The Morgan fingerprint density at radius 3 is 2.43 bits per heavy atom. The Morgan fingerprint density at radius 2 is 1.79 bits per heavy atom. The number of hydrogen-bond donors (Lipinski definition) is 0. The van der Waals surface area contributed by atoms with Gasteiger partial charge >= 0.3 is 0 Å². The van der Waals surface area contributed by atoms with Crippen LogP contribution in [0.25, 0.3) is 11.5 Å². The van der Waals surface area contributed by atoms with Crippen molar-refractivity contribution >= 4 is 5.91 Å². The van der Waals surface area contributed by atoms with Crippen LogP contribution in [0.1, 0.15) is 40.8 Å². The zero-order chi connectivity index (χ0) is 19.5. The monoisotopic (exact) mass is 379 g/mol. The van der Waals surface area contributed by atoms with Crippen LogP contribution in [0.3, 0.4) is 0 Å². The molecule has 0 bridgehead atoms. The van der Waals surface area contributed by atoms with Gasteiger partial charge < -0.3 is 14.1 Å². The van der Waals surface area contributed by atoms with Crippen LogP contribution in [0.5, 0.6) is 5.75 Å². The number of piperidine rings is 1. The van der Waals surface area contributed by atoms with Gasteiger partial charge in [-0.15, -0.1) is 10.2 Å². The Hall–Kier alpha value is -3.29. The van der Waals surface area contributed by atoms with Crippen molar-refractivity contribution in [2.75, 3.05) is 20.2 Å². The van der Waals surface area contributed by atoms with E-state index in [1.165, 1.54) is 0 Å². The molecule has 3 aromatic rings. The number of likely N-dealkylation sites (tertiary alicyclic amines) is 1. The summed E-state index contributed by atoms with van der Waals surface area (Å²) in [6.45, 7) is 3.13. The second-order valence-electron chi connectivity index (χ2n) is 6.76. The third-order valence-electron chi connectivity index (χ3n) is 4.94. The first-order valence-electron chi connectivity index (χ1n) is 9.20. The van der Waals surface area contributed by atoms with Gasteiger partial charge in [-0.05, 0) is 44.0 Å². The molecule has 144 valence electrons. The summed E-state index contributed by atoms with van der Waals surface area (Å²) < 4.78 is 11.0. The zero-order valence-electron chi connectivity index (χ0n) is 15.8. The number of aromatic nitrogens is 4. The Balaban J connectivity index is 1.38. The Labute approximate surface area is 162 Å². The fourth-order valence-electron chi connectivity index (χ4n) is 3.26. The van der Waals surface area contributed by atoms with Gasteiger partial charge in [0, 0.05) is 37.0 Å². The highest BCUT2D eigenvalue weighted by Gasteiger charge is 2.28. The summed E-state index contributed by atoms with van der Waals surface area (Å²) >= 11 is 0. The molecule has 2 aromatic heterocycles. The number of carbonyl (C=O) groups is 1. The highest BCUT2D eigenvalue weighted by atomic mass is 16.5. The average molecular weight is 379 g/mol. The third kappa shape index (κ3) is 3.71. The van der Waals surface area contributed by atoms with Crippen LogP contribution in [-0.2, 0) is 0 Å². The van der Waals surface area contributed by atoms with E-state index in [9.17, 15) is 4.79 Å². The summed E-state index contributed by atoms with van der Waals surface area (Å²) in [6.07, 6.45) is 4.92. The molecule has 8 heteroatoms. The molecule has 0 N–H and O–H groups in total. The first kappa shape index (κ1) is 18.1. The Kier molecular flexibility index (Phi) is 5.01. The number of aryl methyl sites for hydroxylation is 1. The van der Waals surface area contributed by atoms with Crippen LogP contribution in [0.2, 0.25) is 0 Å². The van der Waals surface area contributed by atoms with Crippen LogP contribution in [-0.4, -0.2) is 51.2 Å². The van der Waals surface area contributed by atoms with Gasteiger partial charge in [0.15, 0.2) is 0 Å². The van der Waals surface area contributed by atoms with Gasteiger partial charge in [-0.1, -0.05) is 0 Å². The number of rotatable bonds is 4. The molecule has 8 nitrogen and oxygen atoms in total. The van der Waals surface area contributed by atoms with Gasteiger partial charge in [0.1, 0.15) is 11.6 Å². The van der Waals surface area contributed by atoms with E-state index in [0.717, 1.165) is 18.6 Å². The maximum atomic E-state index is 12.7. The van der Waals surface area contributed by atoms with Crippen LogP contribution < -0.4 is 4.74 Å². The first-order valence-corrected chi connectivity index (χ1v) is 9.20. The minimum atomic E-state index is 0.0316. The molecule has 0 aliphatic carbocycles. The van der Waals surface area contributed by atoms with Gasteiger partial charge in [0.25, 0.3) is 11.8 Å². The van der Waals surface area contributed by atoms with Crippen molar-refractivity contribution in [1.29, 1.82) is 0 Å². The average Bonchev–Trinajstić information content (AvgIpc) is 3.24. The molecular weight excluding hydrogens is 358 g/mol. The fraction of sp³-hybridized carbons (Fsp3) is 0.350. The number of hydrogen-bond acceptors (Lipinski definition) is 7. The van der Waals surface area contributed by atoms with Crippen molar-refractivity contribution in [1.82, 2.24) is 25.1 Å². The molecule has 0 spiro atoms. The summed E-state index contributed by atoms with van der Waals surface area (Å²) in [5, 5.41) is 8.32. The van der Waals surface area contributed by atoms with E-state index >= 15 is 0 Å². The van der Waals surface area contributed by atoms with Crippen molar-refractivity contribution in [2.24, 2.45) is 0 Å². The summed E-state index contributed by atoms with van der Waals surface area (Å²) in [6, 6.07) is 7.19. The van der Waals surface area contributed by atoms with Crippen molar-refractivity contribution in [3.05, 3.63) is 53.9 Å². The Morgan fingerprint density at radius 1 is 1.11 bits per heavy atom. The van der Waals surface area contributed by atoms with E-state index in [2.05, 4.69) is 20.2 Å². The van der Waals surface area contributed by atoms with Crippen LogP contribution in [0.15, 0.2) is 41.1 Å². The number of nitrogens with zero attached hydrogens (tertiary/aromatic N) is 5. The van der Waals surface area contributed by atoms with Gasteiger partial charge in [-0.25, -0.2) is 9.97 Å². The predicted molar refractivity (Wildman–Crippen MR) is 101 cm³/mol. The molecule has 1 aromatic carbocycles. The fourth-order valence-corrected chi connectivity index (χ4v) is 3.26. The molecule has 1 saturated heterocycles. The van der Waals surface area contributed by atoms with E-state index in [1.54, 1.807) is 43.8 Å². The molecule has 1 amide bonds. The summed E-state index contributed by atoms with van der Waals surface area (Å²) in [4.78, 5) is 22.9. The molecule has 4 rings (SSSR count). The lowest BCUT2D eigenvalue weighted by molar-refractivity contribution is 0.0706. The van der Waals surface area contributed by atoms with Gasteiger partial charge in [-0.2, -0.15) is 0 Å². The molecular formula is C20H21N5O3. The third-order valence-corrected chi connectivity index (χ3v) is 4.94. The predicted octanol–water partition coefficient (Wildman–Crippen LogP) is 2.86. The van der Waals surface area contributed by atoms with E-state index < -0.39 is 0 Å². The number of benzene rings is 1. The molecule has 3 heterocycles. The maximum Gasteiger partial charge on any atom is 0.253 e. The lowest BCUT2D eigenvalue weighted by atomic mass is 9.96. The van der Waals surface area contributed by atoms with E-state index in [4.69, 9.17) is 9.15 Å². The van der Waals surface area contributed by atoms with Crippen LogP contribution in [0, 0.1) is 6.92 Å². The topological polar surface area (TPSA) is 94.2 Å². The molecule has 0 unspecified atom stereocenters. The highest BCUT2D eigenvalue weighted by Crippen LogP contribution is 2.29. The van der Waals surface area contributed by atoms with E-state index in [-0.39, 0.29) is 11.8 Å². The lowest BCUT2D eigenvalue weighted by Gasteiger charge is -2.30. The lowest BCUT2D eigenvalue weighted by Crippen LogP contribution is -2.38. The van der Waals surface area contributed by atoms with Gasteiger partial charge in [-0.3, -0.25) is 4.79 Å². The largest absolute Gasteiger partial charge is 0.497 e. The van der Waals surface area contributed by atoms with Crippen LogP contribution >= 0.6 is 0 Å². The second-order valence-corrected chi connectivity index (χ2v) is 6.76. The second kappa shape index (κ2) is 7.75. The number of carbonyl (C=O) groups excluding carboxylic acids is 1. The van der Waals surface area contributed by atoms with Crippen molar-refractivity contribution in [2.45, 2.75) is 25.7 Å². The SMILES string of the molecule is COc1ccc(C(=O)N2CCC(c3nnc(-c4cnc(C)nc4)o3)CC2)cc1. The Bertz CT molecular complexity index is 945. The number of ether oxygens (including phenoxy) is 1. The summed E-state index contributed by atoms with van der Waals surface area (Å²) in [5.74, 6) is 2.63. The molecule has 1 fully saturated rings. The summed E-state index contributed by atoms with van der Waals surface area (Å²) in [5.41, 5.74) is 1.37. The van der Waals surface area contributed by atoms with Gasteiger partial charge in [0.2, 0.25) is 5.89 Å². The van der Waals surface area contributed by atoms with E-state index in [1.807, 2.05) is 11.8 Å².